The molecule has 1 atom stereocenters. The largest absolute Gasteiger partial charge is 0.481 e. The van der Waals surface area contributed by atoms with Crippen molar-refractivity contribution < 1.29 is 14.7 Å². The first-order chi connectivity index (χ1) is 14.5. The van der Waals surface area contributed by atoms with Gasteiger partial charge in [0.1, 0.15) is 5.70 Å². The zero-order valence-electron chi connectivity index (χ0n) is 16.0. The van der Waals surface area contributed by atoms with Gasteiger partial charge in [-0.1, -0.05) is 60.1 Å². The maximum atomic E-state index is 13.5. The van der Waals surface area contributed by atoms with E-state index in [0.717, 1.165) is 5.56 Å². The Hall–Kier alpha value is -3.57. The number of benzene rings is 3. The number of para-hydroxylation sites is 2. The molecule has 1 aliphatic heterocycles. The SMILES string of the molecule is O=C(O)CC1=C(Nc2ccccc2)C(=O)N(c2ccccc2)[C@H]1c1ccc(Cl)cc1. The second-order valence-electron chi connectivity index (χ2n) is 6.93. The van der Waals surface area contributed by atoms with Gasteiger partial charge in [0.05, 0.1) is 12.5 Å². The molecule has 0 aromatic heterocycles. The molecule has 0 aliphatic carbocycles. The predicted octanol–water partition coefficient (Wildman–Crippen LogP) is 5.27. The molecular formula is C24H19ClN2O3. The number of carboxylic acid groups (broad SMARTS) is 1. The molecule has 1 heterocycles. The molecule has 0 saturated heterocycles. The van der Waals surface area contributed by atoms with E-state index < -0.39 is 12.0 Å². The van der Waals surface area contributed by atoms with E-state index in [-0.39, 0.29) is 18.0 Å². The first kappa shape index (κ1) is 19.7. The molecule has 30 heavy (non-hydrogen) atoms. The summed E-state index contributed by atoms with van der Waals surface area (Å²) in [6, 6.07) is 25.1. The minimum Gasteiger partial charge on any atom is -0.481 e. The van der Waals surface area contributed by atoms with Gasteiger partial charge in [0, 0.05) is 16.4 Å². The van der Waals surface area contributed by atoms with Crippen LogP contribution in [0.4, 0.5) is 11.4 Å². The van der Waals surface area contributed by atoms with E-state index in [1.807, 2.05) is 72.8 Å². The van der Waals surface area contributed by atoms with E-state index in [1.165, 1.54) is 0 Å². The average Bonchev–Trinajstić information content (AvgIpc) is 3.01. The second kappa shape index (κ2) is 8.43. The first-order valence-corrected chi connectivity index (χ1v) is 9.83. The summed E-state index contributed by atoms with van der Waals surface area (Å²) in [4.78, 5) is 26.9. The molecule has 5 nitrogen and oxygen atoms in total. The molecule has 150 valence electrons. The van der Waals surface area contributed by atoms with Crippen molar-refractivity contribution in [3.63, 3.8) is 0 Å². The highest BCUT2D eigenvalue weighted by Gasteiger charge is 2.41. The Bertz CT molecular complexity index is 1100. The molecule has 3 aromatic carbocycles. The van der Waals surface area contributed by atoms with Crippen molar-refractivity contribution in [2.45, 2.75) is 12.5 Å². The van der Waals surface area contributed by atoms with Gasteiger partial charge in [0.25, 0.3) is 5.91 Å². The Morgan fingerprint density at radius 2 is 1.53 bits per heavy atom. The maximum absolute atomic E-state index is 13.5. The smallest absolute Gasteiger partial charge is 0.307 e. The monoisotopic (exact) mass is 418 g/mol. The number of amides is 1. The van der Waals surface area contributed by atoms with Crippen LogP contribution in [0, 0.1) is 0 Å². The van der Waals surface area contributed by atoms with Gasteiger partial charge in [-0.05, 0) is 47.5 Å². The summed E-state index contributed by atoms with van der Waals surface area (Å²) in [6.45, 7) is 0. The van der Waals surface area contributed by atoms with Crippen molar-refractivity contribution in [1.82, 2.24) is 0 Å². The van der Waals surface area contributed by atoms with Crippen molar-refractivity contribution in [2.24, 2.45) is 0 Å². The van der Waals surface area contributed by atoms with Crippen molar-refractivity contribution in [1.29, 1.82) is 0 Å². The molecule has 1 amide bonds. The van der Waals surface area contributed by atoms with E-state index in [1.54, 1.807) is 17.0 Å². The van der Waals surface area contributed by atoms with Crippen LogP contribution in [0.25, 0.3) is 0 Å². The number of carbonyl (C=O) groups excluding carboxylic acids is 1. The number of halogens is 1. The summed E-state index contributed by atoms with van der Waals surface area (Å²) in [7, 11) is 0. The number of rotatable bonds is 6. The Kier molecular flexibility index (Phi) is 5.55. The quantitative estimate of drug-likeness (QED) is 0.572. The highest BCUT2D eigenvalue weighted by molar-refractivity contribution is 6.30. The fraction of sp³-hybridized carbons (Fsp3) is 0.0833. The highest BCUT2D eigenvalue weighted by Crippen LogP contribution is 2.43. The number of carboxylic acids is 1. The van der Waals surface area contributed by atoms with E-state index in [2.05, 4.69) is 5.32 Å². The number of hydrogen-bond donors (Lipinski definition) is 2. The number of nitrogens with zero attached hydrogens (tertiary/aromatic N) is 1. The Balaban J connectivity index is 1.87. The Morgan fingerprint density at radius 1 is 0.933 bits per heavy atom. The van der Waals surface area contributed by atoms with Crippen LogP contribution in [-0.4, -0.2) is 17.0 Å². The zero-order chi connectivity index (χ0) is 21.1. The van der Waals surface area contributed by atoms with Gasteiger partial charge in [-0.3, -0.25) is 14.5 Å². The molecule has 4 rings (SSSR count). The molecule has 0 saturated carbocycles. The molecule has 1 aliphatic rings. The van der Waals surface area contributed by atoms with E-state index in [9.17, 15) is 14.7 Å². The van der Waals surface area contributed by atoms with E-state index in [4.69, 9.17) is 11.6 Å². The summed E-state index contributed by atoms with van der Waals surface area (Å²) in [5, 5.41) is 13.3. The minimum atomic E-state index is -1.00. The normalized spacial score (nSPS) is 16.1. The van der Waals surface area contributed by atoms with E-state index >= 15 is 0 Å². The third-order valence-electron chi connectivity index (χ3n) is 4.95. The molecule has 0 spiro atoms. The topological polar surface area (TPSA) is 69.6 Å². The summed E-state index contributed by atoms with van der Waals surface area (Å²) < 4.78 is 0. The van der Waals surface area contributed by atoms with Crippen molar-refractivity contribution in [3.8, 4) is 0 Å². The Labute approximate surface area is 179 Å². The summed E-state index contributed by atoms with van der Waals surface area (Å²) in [5.41, 5.74) is 2.98. The van der Waals surface area contributed by atoms with Crippen LogP contribution in [0.1, 0.15) is 18.0 Å². The molecule has 0 bridgehead atoms. The number of hydrogen-bond acceptors (Lipinski definition) is 3. The van der Waals surface area contributed by atoms with Crippen LogP contribution in [0.5, 0.6) is 0 Å². The lowest BCUT2D eigenvalue weighted by Crippen LogP contribution is -2.31. The predicted molar refractivity (Wildman–Crippen MR) is 117 cm³/mol. The first-order valence-electron chi connectivity index (χ1n) is 9.45. The van der Waals surface area contributed by atoms with Crippen LogP contribution >= 0.6 is 11.6 Å². The van der Waals surface area contributed by atoms with Crippen LogP contribution in [0.2, 0.25) is 5.02 Å². The minimum absolute atomic E-state index is 0.266. The molecular weight excluding hydrogens is 400 g/mol. The fourth-order valence-corrected chi connectivity index (χ4v) is 3.79. The molecule has 6 heteroatoms. The van der Waals surface area contributed by atoms with Gasteiger partial charge < -0.3 is 10.4 Å². The molecule has 0 radical (unpaired) electrons. The zero-order valence-corrected chi connectivity index (χ0v) is 16.7. The average molecular weight is 419 g/mol. The number of anilines is 2. The van der Waals surface area contributed by atoms with E-state index in [0.29, 0.717) is 22.0 Å². The standard InChI is InChI=1S/C24H19ClN2O3/c25-17-13-11-16(12-14-17)23-20(15-21(28)29)22(26-18-7-3-1-4-8-18)24(30)27(23)19-9-5-2-6-10-19/h1-14,23,26H,15H2,(H,28,29)/t23-/m0/s1. The number of aliphatic carboxylic acids is 1. The van der Waals surface area contributed by atoms with Gasteiger partial charge in [0.2, 0.25) is 0 Å². The van der Waals surface area contributed by atoms with Gasteiger partial charge >= 0.3 is 5.97 Å². The summed E-state index contributed by atoms with van der Waals surface area (Å²) in [6.07, 6.45) is -0.266. The summed E-state index contributed by atoms with van der Waals surface area (Å²) in [5.74, 6) is -1.28. The lowest BCUT2D eigenvalue weighted by molar-refractivity contribution is -0.136. The lowest BCUT2D eigenvalue weighted by Gasteiger charge is -2.27. The second-order valence-corrected chi connectivity index (χ2v) is 7.36. The van der Waals surface area contributed by atoms with Gasteiger partial charge in [-0.2, -0.15) is 0 Å². The molecule has 0 fully saturated rings. The molecule has 2 N–H and O–H groups in total. The third kappa shape index (κ3) is 3.93. The van der Waals surface area contributed by atoms with Crippen LogP contribution < -0.4 is 10.2 Å². The molecule has 3 aromatic rings. The number of carbonyl (C=O) groups is 2. The van der Waals surface area contributed by atoms with Crippen molar-refractivity contribution in [2.75, 3.05) is 10.2 Å². The fourth-order valence-electron chi connectivity index (χ4n) is 3.67. The van der Waals surface area contributed by atoms with Crippen LogP contribution in [0.15, 0.2) is 96.2 Å². The van der Waals surface area contributed by atoms with Gasteiger partial charge in [0.15, 0.2) is 0 Å². The van der Waals surface area contributed by atoms with Crippen LogP contribution in [0.3, 0.4) is 0 Å². The van der Waals surface area contributed by atoms with Crippen LogP contribution in [-0.2, 0) is 9.59 Å². The maximum Gasteiger partial charge on any atom is 0.307 e. The van der Waals surface area contributed by atoms with Gasteiger partial charge in [-0.15, -0.1) is 0 Å². The highest BCUT2D eigenvalue weighted by atomic mass is 35.5. The molecule has 0 unspecified atom stereocenters. The van der Waals surface area contributed by atoms with Gasteiger partial charge in [-0.25, -0.2) is 0 Å². The van der Waals surface area contributed by atoms with Crippen molar-refractivity contribution >= 4 is 34.9 Å². The Morgan fingerprint density at radius 3 is 2.13 bits per heavy atom. The lowest BCUT2D eigenvalue weighted by atomic mass is 9.96. The number of nitrogens with one attached hydrogen (secondary N) is 1. The van der Waals surface area contributed by atoms with Crippen molar-refractivity contribution in [3.05, 3.63) is 107 Å². The summed E-state index contributed by atoms with van der Waals surface area (Å²) >= 11 is 6.06. The third-order valence-corrected chi connectivity index (χ3v) is 5.20.